The SMILES string of the molecule is O=CCC(CO)C(=O)CCC(O)C(C=O)CC(=O)C(CO)CC=O. The highest BCUT2D eigenvalue weighted by atomic mass is 16.3. The number of carbonyl (C=O) groups is 5. The van der Waals surface area contributed by atoms with Crippen LogP contribution < -0.4 is 0 Å². The smallest absolute Gasteiger partial charge is 0.139 e. The molecule has 0 saturated carbocycles. The van der Waals surface area contributed by atoms with Crippen molar-refractivity contribution in [2.75, 3.05) is 13.2 Å². The van der Waals surface area contributed by atoms with Gasteiger partial charge in [0.2, 0.25) is 0 Å². The van der Waals surface area contributed by atoms with Gasteiger partial charge in [-0.2, -0.15) is 0 Å². The molecule has 0 heterocycles. The molecular weight excluding hydrogens is 320 g/mol. The minimum absolute atomic E-state index is 0.0949. The lowest BCUT2D eigenvalue weighted by molar-refractivity contribution is -0.131. The Balaban J connectivity index is 4.58. The molecule has 0 rings (SSSR count). The fraction of sp³-hybridized carbons (Fsp3) is 0.688. The third kappa shape index (κ3) is 7.67. The first-order valence-corrected chi connectivity index (χ1v) is 7.72. The molecule has 0 fully saturated rings. The molecule has 0 amide bonds. The van der Waals surface area contributed by atoms with Gasteiger partial charge in [0.15, 0.2) is 0 Å². The molecule has 8 nitrogen and oxygen atoms in total. The van der Waals surface area contributed by atoms with E-state index in [2.05, 4.69) is 0 Å². The van der Waals surface area contributed by atoms with Gasteiger partial charge < -0.3 is 29.7 Å². The maximum absolute atomic E-state index is 11.9. The van der Waals surface area contributed by atoms with Gasteiger partial charge in [-0.1, -0.05) is 0 Å². The van der Waals surface area contributed by atoms with Crippen molar-refractivity contribution in [1.29, 1.82) is 0 Å². The second-order valence-electron chi connectivity index (χ2n) is 5.61. The van der Waals surface area contributed by atoms with Crippen LogP contribution in [0.1, 0.15) is 32.1 Å². The van der Waals surface area contributed by atoms with Gasteiger partial charge in [-0.25, -0.2) is 0 Å². The maximum Gasteiger partial charge on any atom is 0.139 e. The number of hydrogen-bond acceptors (Lipinski definition) is 8. The molecule has 3 N–H and O–H groups in total. The normalized spacial score (nSPS) is 15.8. The highest BCUT2D eigenvalue weighted by Crippen LogP contribution is 2.18. The number of ketones is 2. The first kappa shape index (κ1) is 22.2. The Labute approximate surface area is 139 Å². The summed E-state index contributed by atoms with van der Waals surface area (Å²) in [4.78, 5) is 55.6. The van der Waals surface area contributed by atoms with Crippen LogP contribution in [0.15, 0.2) is 0 Å². The van der Waals surface area contributed by atoms with Crippen molar-refractivity contribution in [1.82, 2.24) is 0 Å². The van der Waals surface area contributed by atoms with Gasteiger partial charge in [-0.15, -0.1) is 0 Å². The van der Waals surface area contributed by atoms with E-state index in [1.54, 1.807) is 0 Å². The van der Waals surface area contributed by atoms with Crippen molar-refractivity contribution >= 4 is 30.4 Å². The average Bonchev–Trinajstić information content (AvgIpc) is 2.59. The van der Waals surface area contributed by atoms with E-state index in [4.69, 9.17) is 10.2 Å². The molecule has 0 aromatic rings. The molecule has 0 spiro atoms. The number of aldehydes is 3. The summed E-state index contributed by atoms with van der Waals surface area (Å²) in [6.45, 7) is -1.01. The van der Waals surface area contributed by atoms with E-state index in [1.807, 2.05) is 0 Å². The molecule has 0 saturated heterocycles. The molecular formula is C16H24O8. The van der Waals surface area contributed by atoms with E-state index in [9.17, 15) is 29.1 Å². The summed E-state index contributed by atoms with van der Waals surface area (Å²) in [5, 5.41) is 28.0. The van der Waals surface area contributed by atoms with Crippen LogP contribution in [0.25, 0.3) is 0 Å². The Kier molecular flexibility index (Phi) is 11.7. The van der Waals surface area contributed by atoms with Gasteiger partial charge in [0.25, 0.3) is 0 Å². The van der Waals surface area contributed by atoms with E-state index in [-0.39, 0.29) is 32.1 Å². The van der Waals surface area contributed by atoms with Gasteiger partial charge in [0.1, 0.15) is 30.4 Å². The summed E-state index contributed by atoms with van der Waals surface area (Å²) in [6, 6.07) is 0. The molecule has 0 aliphatic carbocycles. The number of hydrogen-bond donors (Lipinski definition) is 3. The van der Waals surface area contributed by atoms with E-state index < -0.39 is 48.6 Å². The van der Waals surface area contributed by atoms with Gasteiger partial charge >= 0.3 is 0 Å². The maximum atomic E-state index is 11.9. The minimum atomic E-state index is -1.25. The molecule has 0 aliphatic rings. The second-order valence-corrected chi connectivity index (χ2v) is 5.61. The van der Waals surface area contributed by atoms with Crippen molar-refractivity contribution in [2.45, 2.75) is 38.2 Å². The van der Waals surface area contributed by atoms with Crippen molar-refractivity contribution in [3.05, 3.63) is 0 Å². The molecule has 0 aromatic carbocycles. The lowest BCUT2D eigenvalue weighted by Gasteiger charge is -2.19. The molecule has 0 bridgehead atoms. The minimum Gasteiger partial charge on any atom is -0.396 e. The molecule has 24 heavy (non-hydrogen) atoms. The molecule has 0 aromatic heterocycles. The Morgan fingerprint density at radius 3 is 1.79 bits per heavy atom. The fourth-order valence-electron chi connectivity index (χ4n) is 2.23. The van der Waals surface area contributed by atoms with Crippen LogP contribution in [0.5, 0.6) is 0 Å². The molecule has 4 unspecified atom stereocenters. The zero-order chi connectivity index (χ0) is 18.5. The predicted molar refractivity (Wildman–Crippen MR) is 81.9 cm³/mol. The first-order valence-electron chi connectivity index (χ1n) is 7.72. The lowest BCUT2D eigenvalue weighted by atomic mass is 9.87. The Morgan fingerprint density at radius 1 is 0.875 bits per heavy atom. The van der Waals surface area contributed by atoms with Crippen molar-refractivity contribution in [2.24, 2.45) is 17.8 Å². The summed E-state index contributed by atoms with van der Waals surface area (Å²) in [5.41, 5.74) is 0. The molecule has 4 atom stereocenters. The number of aliphatic hydroxyl groups is 3. The van der Waals surface area contributed by atoms with Crippen molar-refractivity contribution in [3.8, 4) is 0 Å². The summed E-state index contributed by atoms with van der Waals surface area (Å²) in [6.07, 6.45) is -0.701. The number of Topliss-reactive ketones (excluding diaryl/α,β-unsaturated/α-hetero) is 2. The van der Waals surface area contributed by atoms with Crippen LogP contribution in [0.2, 0.25) is 0 Å². The van der Waals surface area contributed by atoms with Crippen molar-refractivity contribution in [3.63, 3.8) is 0 Å². The van der Waals surface area contributed by atoms with E-state index in [1.165, 1.54) is 0 Å². The zero-order valence-electron chi connectivity index (χ0n) is 13.4. The van der Waals surface area contributed by atoms with E-state index in [0.29, 0.717) is 18.9 Å². The van der Waals surface area contributed by atoms with Crippen LogP contribution in [0.4, 0.5) is 0 Å². The number of aliphatic hydroxyl groups excluding tert-OH is 3. The monoisotopic (exact) mass is 344 g/mol. The molecule has 0 radical (unpaired) electrons. The Hall–Kier alpha value is -1.77. The quantitative estimate of drug-likeness (QED) is 0.316. The largest absolute Gasteiger partial charge is 0.396 e. The molecule has 136 valence electrons. The molecule has 8 heteroatoms. The first-order chi connectivity index (χ1) is 11.4. The summed E-state index contributed by atoms with van der Waals surface area (Å²) < 4.78 is 0. The fourth-order valence-corrected chi connectivity index (χ4v) is 2.23. The van der Waals surface area contributed by atoms with Crippen LogP contribution in [-0.2, 0) is 24.0 Å². The average molecular weight is 344 g/mol. The topological polar surface area (TPSA) is 146 Å². The van der Waals surface area contributed by atoms with Gasteiger partial charge in [0.05, 0.1) is 19.3 Å². The predicted octanol–water partition coefficient (Wildman–Crippen LogP) is -1.13. The highest BCUT2D eigenvalue weighted by molar-refractivity contribution is 5.85. The van der Waals surface area contributed by atoms with Crippen molar-refractivity contribution < 1.29 is 39.3 Å². The van der Waals surface area contributed by atoms with Crippen LogP contribution >= 0.6 is 0 Å². The van der Waals surface area contributed by atoms with Crippen LogP contribution in [0, 0.1) is 17.8 Å². The number of rotatable bonds is 15. The third-order valence-electron chi connectivity index (χ3n) is 3.91. The number of carbonyl (C=O) groups excluding carboxylic acids is 5. The van der Waals surface area contributed by atoms with Gasteiger partial charge in [0, 0.05) is 43.4 Å². The van der Waals surface area contributed by atoms with E-state index in [0.717, 1.165) is 0 Å². The summed E-state index contributed by atoms with van der Waals surface area (Å²) >= 11 is 0. The summed E-state index contributed by atoms with van der Waals surface area (Å²) in [5.74, 6) is -3.72. The highest BCUT2D eigenvalue weighted by Gasteiger charge is 2.27. The Morgan fingerprint density at radius 2 is 1.38 bits per heavy atom. The Bertz CT molecular complexity index is 434. The van der Waals surface area contributed by atoms with Crippen LogP contribution in [-0.4, -0.2) is 65.1 Å². The second kappa shape index (κ2) is 12.6. The van der Waals surface area contributed by atoms with E-state index >= 15 is 0 Å². The van der Waals surface area contributed by atoms with Crippen LogP contribution in [0.3, 0.4) is 0 Å². The molecule has 0 aliphatic heterocycles. The lowest BCUT2D eigenvalue weighted by Crippen LogP contribution is -2.30. The van der Waals surface area contributed by atoms with Gasteiger partial charge in [-0.3, -0.25) is 9.59 Å². The zero-order valence-corrected chi connectivity index (χ0v) is 13.4. The summed E-state index contributed by atoms with van der Waals surface area (Å²) in [7, 11) is 0. The third-order valence-corrected chi connectivity index (χ3v) is 3.91. The van der Waals surface area contributed by atoms with Gasteiger partial charge in [-0.05, 0) is 6.42 Å². The standard InChI is InChI=1S/C16H24O8/c17-5-3-11(8-19)14(22)1-2-15(23)13(10-21)7-16(24)12(9-20)4-6-18/h5-6,10-13,15,19-20,23H,1-4,7-9H2.